The topological polar surface area (TPSA) is 188 Å². The van der Waals surface area contributed by atoms with Crippen LogP contribution in [0.3, 0.4) is 0 Å². The number of hydrogen-bond acceptors (Lipinski definition) is 12. The van der Waals surface area contributed by atoms with Gasteiger partial charge in [0.15, 0.2) is 0 Å². The molecule has 0 spiro atoms. The number of piperidine rings is 1. The number of rotatable bonds is 18. The molecule has 20 heteroatoms. The Balaban J connectivity index is 1.04. The van der Waals surface area contributed by atoms with Gasteiger partial charge in [0.05, 0.1) is 16.7 Å². The number of benzene rings is 5. The number of nitrogens with zero attached hydrogens (tertiary/aromatic N) is 2. The van der Waals surface area contributed by atoms with Gasteiger partial charge < -0.3 is 25.8 Å². The van der Waals surface area contributed by atoms with E-state index in [2.05, 4.69) is 15.1 Å². The number of anilines is 2. The van der Waals surface area contributed by atoms with Crippen molar-refractivity contribution in [1.82, 2.24) is 9.62 Å². The summed E-state index contributed by atoms with van der Waals surface area (Å²) >= 11 is 7.50. The zero-order valence-electron chi connectivity index (χ0n) is 36.6. The molecule has 2 amide bonds. The maximum atomic E-state index is 14.3. The van der Waals surface area contributed by atoms with Crippen molar-refractivity contribution in [3.63, 3.8) is 0 Å². The van der Waals surface area contributed by atoms with Gasteiger partial charge in [-0.1, -0.05) is 66.2 Å². The SMILES string of the molecule is NC(=O)OCCN1CCC[C@H]1C[C@H](CSc1ccccc1)Nc1ccc(S(=O)(=O)NC(=O)c2ccc(N3CCC([C@@H](O)c4ccccc4-c4ccc(Cl)cc4)CC3)cc2)cc1S(=O)(=O)C(F)(F)F. The second-order valence-corrected chi connectivity index (χ2v) is 21.8. The molecule has 7 rings (SSSR count). The van der Waals surface area contributed by atoms with E-state index in [0.29, 0.717) is 63.0 Å². The van der Waals surface area contributed by atoms with Gasteiger partial charge in [-0.2, -0.15) is 13.2 Å². The first-order valence-electron chi connectivity index (χ1n) is 21.9. The molecule has 0 saturated carbocycles. The summed E-state index contributed by atoms with van der Waals surface area (Å²) < 4.78 is 103. The lowest BCUT2D eigenvalue weighted by Gasteiger charge is -2.36. The molecule has 362 valence electrons. The van der Waals surface area contributed by atoms with Crippen LogP contribution < -0.4 is 20.7 Å². The quantitative estimate of drug-likeness (QED) is 0.0612. The molecule has 2 aliphatic rings. The molecule has 2 saturated heterocycles. The molecule has 2 heterocycles. The number of nitrogens with two attached hydrogens (primary N) is 1. The molecular weight excluding hydrogens is 963 g/mol. The largest absolute Gasteiger partial charge is 0.501 e. The predicted octanol–water partition coefficient (Wildman–Crippen LogP) is 8.89. The number of hydrogen-bond donors (Lipinski definition) is 4. The number of alkyl halides is 3. The molecule has 0 unspecified atom stereocenters. The Morgan fingerprint density at radius 2 is 1.54 bits per heavy atom. The Morgan fingerprint density at radius 3 is 2.22 bits per heavy atom. The smallest absolute Gasteiger partial charge is 0.448 e. The van der Waals surface area contributed by atoms with Crippen LogP contribution in [0.1, 0.15) is 54.1 Å². The third-order valence-corrected chi connectivity index (χ3v) is 16.5. The number of sulfonamides is 1. The Bertz CT molecular complexity index is 2770. The van der Waals surface area contributed by atoms with E-state index in [1.807, 2.05) is 71.5 Å². The monoisotopic (exact) mass is 1010 g/mol. The summed E-state index contributed by atoms with van der Waals surface area (Å²) in [5.41, 5.74) is 2.22. The minimum absolute atomic E-state index is 0.0307. The highest BCUT2D eigenvalue weighted by molar-refractivity contribution is 7.99. The number of amides is 2. The van der Waals surface area contributed by atoms with Gasteiger partial charge >= 0.3 is 11.6 Å². The van der Waals surface area contributed by atoms with Crippen molar-refractivity contribution >= 4 is 66.6 Å². The minimum Gasteiger partial charge on any atom is -0.448 e. The molecule has 0 aliphatic carbocycles. The lowest BCUT2D eigenvalue weighted by atomic mass is 9.84. The lowest BCUT2D eigenvalue weighted by Crippen LogP contribution is -2.38. The fourth-order valence-electron chi connectivity index (χ4n) is 8.72. The van der Waals surface area contributed by atoms with E-state index in [1.165, 1.54) is 23.9 Å². The van der Waals surface area contributed by atoms with Crippen LogP contribution in [0.25, 0.3) is 11.1 Å². The van der Waals surface area contributed by atoms with Crippen LogP contribution in [0.2, 0.25) is 5.02 Å². The minimum atomic E-state index is -6.13. The summed E-state index contributed by atoms with van der Waals surface area (Å²) in [6.07, 6.45) is 1.55. The Hall–Kier alpha value is -5.31. The second kappa shape index (κ2) is 22.0. The van der Waals surface area contributed by atoms with Crippen molar-refractivity contribution < 1.29 is 49.4 Å². The van der Waals surface area contributed by atoms with E-state index in [-0.39, 0.29) is 29.9 Å². The first-order valence-corrected chi connectivity index (χ1v) is 26.2. The van der Waals surface area contributed by atoms with Crippen molar-refractivity contribution in [2.24, 2.45) is 11.7 Å². The number of ether oxygens (including phenoxy) is 1. The summed E-state index contributed by atoms with van der Waals surface area (Å²) in [4.78, 5) is 27.3. The number of aliphatic hydroxyl groups excluding tert-OH is 1. The first kappa shape index (κ1) is 50.6. The standard InChI is InChI=1S/C48H51ClF3N5O8S3/c49-35-16-12-32(13-17-35)41-10-4-5-11-42(41)45(58)33-22-25-57(26-23-33)37-18-14-34(15-19-37)46(59)55-68(63,64)40-20-21-43(44(30-40)67(61,62)48(50,51)52)54-36(31-66-39-8-2-1-3-9-39)29-38-7-6-24-56(38)27-28-65-47(53)60/h1-5,8-21,30,33,36,38,45,54,58H,6-7,22-29,31H2,(H2,53,60)(H,55,59)/t36-,38+,45-/m1/s1. The van der Waals surface area contributed by atoms with Crippen molar-refractivity contribution in [3.8, 4) is 11.1 Å². The summed E-state index contributed by atoms with van der Waals surface area (Å²) in [5, 5.41) is 15.1. The summed E-state index contributed by atoms with van der Waals surface area (Å²) in [6.45, 7) is 2.24. The number of halogens is 4. The molecule has 5 aromatic rings. The Kier molecular flexibility index (Phi) is 16.3. The zero-order valence-corrected chi connectivity index (χ0v) is 39.9. The van der Waals surface area contributed by atoms with E-state index in [9.17, 15) is 44.7 Å². The number of aliphatic hydroxyl groups is 1. The summed E-state index contributed by atoms with van der Waals surface area (Å²) in [5.74, 6) is -0.827. The Morgan fingerprint density at radius 1 is 0.868 bits per heavy atom. The fourth-order valence-corrected chi connectivity index (χ4v) is 11.8. The van der Waals surface area contributed by atoms with E-state index in [4.69, 9.17) is 22.1 Å². The van der Waals surface area contributed by atoms with Gasteiger partial charge in [-0.05, 0) is 128 Å². The van der Waals surface area contributed by atoms with Crippen LogP contribution in [-0.2, 0) is 24.6 Å². The van der Waals surface area contributed by atoms with E-state index in [1.54, 1.807) is 24.3 Å². The van der Waals surface area contributed by atoms with Crippen LogP contribution in [0.15, 0.2) is 136 Å². The number of carbonyl (C=O) groups excluding carboxylic acids is 2. The average Bonchev–Trinajstić information content (AvgIpc) is 3.76. The molecular formula is C48H51ClF3N5O8S3. The van der Waals surface area contributed by atoms with Gasteiger partial charge in [0.1, 0.15) is 11.5 Å². The number of likely N-dealkylation sites (tertiary alicyclic amines) is 1. The van der Waals surface area contributed by atoms with Crippen LogP contribution in [0, 0.1) is 5.92 Å². The van der Waals surface area contributed by atoms with Crippen molar-refractivity contribution in [3.05, 3.63) is 137 Å². The summed E-state index contributed by atoms with van der Waals surface area (Å²) in [7, 11) is -11.0. The lowest BCUT2D eigenvalue weighted by molar-refractivity contribution is -0.0436. The van der Waals surface area contributed by atoms with Crippen molar-refractivity contribution in [2.45, 2.75) is 70.5 Å². The van der Waals surface area contributed by atoms with Gasteiger partial charge in [-0.15, -0.1) is 11.8 Å². The Labute approximate surface area is 403 Å². The number of thioether (sulfide) groups is 1. The third kappa shape index (κ3) is 12.5. The van der Waals surface area contributed by atoms with Crippen LogP contribution in [-0.4, -0.2) is 95.0 Å². The zero-order chi connectivity index (χ0) is 48.6. The van der Waals surface area contributed by atoms with Gasteiger partial charge in [0, 0.05) is 58.6 Å². The molecule has 0 aromatic heterocycles. The number of sulfone groups is 1. The highest BCUT2D eigenvalue weighted by atomic mass is 35.5. The molecule has 5 aromatic carbocycles. The van der Waals surface area contributed by atoms with Crippen LogP contribution in [0.4, 0.5) is 29.3 Å². The maximum Gasteiger partial charge on any atom is 0.501 e. The van der Waals surface area contributed by atoms with E-state index in [0.717, 1.165) is 45.8 Å². The van der Waals surface area contributed by atoms with Gasteiger partial charge in [-0.25, -0.2) is 26.4 Å². The molecule has 3 atom stereocenters. The molecule has 13 nitrogen and oxygen atoms in total. The van der Waals surface area contributed by atoms with Gasteiger partial charge in [-0.3, -0.25) is 9.69 Å². The molecule has 0 radical (unpaired) electrons. The normalized spacial score (nSPS) is 17.1. The summed E-state index contributed by atoms with van der Waals surface area (Å²) in [6, 6.07) is 32.0. The van der Waals surface area contributed by atoms with Crippen LogP contribution >= 0.6 is 23.4 Å². The molecule has 0 bridgehead atoms. The third-order valence-electron chi connectivity index (χ3n) is 12.2. The second-order valence-electron chi connectivity index (χ2n) is 16.7. The predicted molar refractivity (Wildman–Crippen MR) is 257 cm³/mol. The van der Waals surface area contributed by atoms with E-state index < -0.39 is 65.0 Å². The molecule has 2 fully saturated rings. The maximum absolute atomic E-state index is 14.3. The van der Waals surface area contributed by atoms with Crippen LogP contribution in [0.5, 0.6) is 0 Å². The number of carbonyl (C=O) groups is 2. The van der Waals surface area contributed by atoms with Gasteiger partial charge in [0.25, 0.3) is 25.8 Å². The molecule has 68 heavy (non-hydrogen) atoms. The highest BCUT2D eigenvalue weighted by Crippen LogP contribution is 2.39. The number of primary amides is 1. The fraction of sp³-hybridized carbons (Fsp3) is 0.333. The molecule has 5 N–H and O–H groups in total. The van der Waals surface area contributed by atoms with Crippen molar-refractivity contribution in [2.75, 3.05) is 48.8 Å². The average molecular weight is 1010 g/mol. The number of nitrogens with one attached hydrogen (secondary N) is 2. The molecule has 2 aliphatic heterocycles. The first-order chi connectivity index (χ1) is 32.4. The van der Waals surface area contributed by atoms with Gasteiger partial charge in [0.2, 0.25) is 0 Å². The highest BCUT2D eigenvalue weighted by Gasteiger charge is 2.48. The van der Waals surface area contributed by atoms with Crippen molar-refractivity contribution in [1.29, 1.82) is 0 Å². The van der Waals surface area contributed by atoms with E-state index >= 15 is 0 Å².